The van der Waals surface area contributed by atoms with Crippen LogP contribution in [0.3, 0.4) is 0 Å². The van der Waals surface area contributed by atoms with Crippen molar-refractivity contribution in [3.8, 4) is 11.1 Å². The summed E-state index contributed by atoms with van der Waals surface area (Å²) in [6, 6.07) is 13.6. The van der Waals surface area contributed by atoms with E-state index in [1.165, 1.54) is 6.42 Å². The normalized spacial score (nSPS) is 16.5. The summed E-state index contributed by atoms with van der Waals surface area (Å²) in [5.74, 6) is -0.145. The molecule has 3 aromatic rings. The molecule has 1 aliphatic carbocycles. The lowest BCUT2D eigenvalue weighted by molar-refractivity contribution is 0.00526. The van der Waals surface area contributed by atoms with E-state index in [4.69, 9.17) is 0 Å². The third-order valence-electron chi connectivity index (χ3n) is 5.24. The number of rotatable bonds is 4. The number of imidazole rings is 1. The largest absolute Gasteiger partial charge is 0.388 e. The van der Waals surface area contributed by atoms with Crippen molar-refractivity contribution < 1.29 is 9.90 Å². The van der Waals surface area contributed by atoms with Gasteiger partial charge in [-0.2, -0.15) is 0 Å². The van der Waals surface area contributed by atoms with E-state index in [-0.39, 0.29) is 5.91 Å². The number of hydrogen-bond acceptors (Lipinski definition) is 3. The molecule has 1 fully saturated rings. The van der Waals surface area contributed by atoms with Gasteiger partial charge in [0.1, 0.15) is 0 Å². The van der Waals surface area contributed by atoms with Crippen LogP contribution in [-0.4, -0.2) is 33.1 Å². The highest BCUT2D eigenvalue weighted by atomic mass is 16.3. The minimum atomic E-state index is -0.753. The highest BCUT2D eigenvalue weighted by molar-refractivity contribution is 5.95. The van der Waals surface area contributed by atoms with Gasteiger partial charge < -0.3 is 15.4 Å². The van der Waals surface area contributed by atoms with Gasteiger partial charge in [0, 0.05) is 12.1 Å². The molecule has 4 rings (SSSR count). The molecule has 0 atom stereocenters. The first-order valence-electron chi connectivity index (χ1n) is 9.17. The van der Waals surface area contributed by atoms with Gasteiger partial charge in [0.2, 0.25) is 0 Å². The topological polar surface area (TPSA) is 78.0 Å². The van der Waals surface area contributed by atoms with E-state index >= 15 is 0 Å². The van der Waals surface area contributed by atoms with E-state index in [0.29, 0.717) is 12.1 Å². The molecular formula is C21H23N3O2. The number of carbonyl (C=O) groups excluding carboxylic acids is 1. The summed E-state index contributed by atoms with van der Waals surface area (Å²) in [6.45, 7) is 0.316. The summed E-state index contributed by atoms with van der Waals surface area (Å²) in [6.07, 6.45) is 6.41. The Morgan fingerprint density at radius 3 is 2.77 bits per heavy atom. The Morgan fingerprint density at radius 2 is 1.92 bits per heavy atom. The fourth-order valence-electron chi connectivity index (χ4n) is 3.69. The van der Waals surface area contributed by atoms with Gasteiger partial charge in [0.05, 0.1) is 23.0 Å². The first-order chi connectivity index (χ1) is 12.6. The Balaban J connectivity index is 1.50. The zero-order valence-corrected chi connectivity index (χ0v) is 14.7. The highest BCUT2D eigenvalue weighted by Crippen LogP contribution is 2.27. The average molecular weight is 349 g/mol. The third kappa shape index (κ3) is 3.48. The molecule has 0 aliphatic heterocycles. The van der Waals surface area contributed by atoms with E-state index in [1.54, 1.807) is 12.4 Å². The minimum Gasteiger partial charge on any atom is -0.388 e. The number of aromatic amines is 1. The standard InChI is InChI=1S/C21H23N3O2/c25-20(22-13-21(26)9-2-1-3-10-21)17-6-4-5-15(11-17)16-7-8-18-19(12-16)24-14-23-18/h4-8,11-12,14,26H,1-3,9-10,13H2,(H,22,25)(H,23,24). The molecule has 1 aromatic heterocycles. The number of carbonyl (C=O) groups is 1. The smallest absolute Gasteiger partial charge is 0.251 e. The van der Waals surface area contributed by atoms with Gasteiger partial charge >= 0.3 is 0 Å². The second-order valence-electron chi connectivity index (χ2n) is 7.18. The molecule has 2 aromatic carbocycles. The average Bonchev–Trinajstić information content (AvgIpc) is 3.15. The van der Waals surface area contributed by atoms with Crippen molar-refractivity contribution in [3.63, 3.8) is 0 Å². The number of nitrogens with zero attached hydrogens (tertiary/aromatic N) is 1. The SMILES string of the molecule is O=C(NCC1(O)CCCCC1)c1cccc(-c2ccc3nc[nH]c3c2)c1. The first-order valence-corrected chi connectivity index (χ1v) is 9.17. The van der Waals surface area contributed by atoms with Crippen molar-refractivity contribution in [2.45, 2.75) is 37.7 Å². The molecule has 0 bridgehead atoms. The van der Waals surface area contributed by atoms with Crippen LogP contribution >= 0.6 is 0 Å². The monoisotopic (exact) mass is 349 g/mol. The van der Waals surface area contributed by atoms with Crippen LogP contribution in [0.15, 0.2) is 48.8 Å². The molecular weight excluding hydrogens is 326 g/mol. The Kier molecular flexibility index (Phi) is 4.47. The Morgan fingerprint density at radius 1 is 1.12 bits per heavy atom. The zero-order valence-electron chi connectivity index (χ0n) is 14.7. The third-order valence-corrected chi connectivity index (χ3v) is 5.24. The Hall–Kier alpha value is -2.66. The summed E-state index contributed by atoms with van der Waals surface area (Å²) in [5, 5.41) is 13.5. The van der Waals surface area contributed by atoms with E-state index in [9.17, 15) is 9.90 Å². The maximum absolute atomic E-state index is 12.5. The van der Waals surface area contributed by atoms with Crippen LogP contribution in [0.1, 0.15) is 42.5 Å². The van der Waals surface area contributed by atoms with E-state index in [2.05, 4.69) is 15.3 Å². The summed E-state index contributed by atoms with van der Waals surface area (Å²) in [4.78, 5) is 19.9. The van der Waals surface area contributed by atoms with Crippen LogP contribution in [-0.2, 0) is 0 Å². The maximum Gasteiger partial charge on any atom is 0.251 e. The number of benzene rings is 2. The second kappa shape index (κ2) is 6.92. The Labute approximate surface area is 152 Å². The van der Waals surface area contributed by atoms with Gasteiger partial charge in [-0.1, -0.05) is 37.5 Å². The van der Waals surface area contributed by atoms with Gasteiger partial charge in [-0.3, -0.25) is 4.79 Å². The number of H-pyrrole nitrogens is 1. The summed E-state index contributed by atoms with van der Waals surface area (Å²) in [7, 11) is 0. The molecule has 1 aliphatic rings. The molecule has 3 N–H and O–H groups in total. The van der Waals surface area contributed by atoms with E-state index in [0.717, 1.165) is 47.8 Å². The number of aromatic nitrogens is 2. The van der Waals surface area contributed by atoms with Crippen molar-refractivity contribution in [2.75, 3.05) is 6.54 Å². The molecule has 5 heteroatoms. The molecule has 0 spiro atoms. The Bertz CT molecular complexity index is 926. The summed E-state index contributed by atoms with van der Waals surface area (Å²) >= 11 is 0. The van der Waals surface area contributed by atoms with Crippen molar-refractivity contribution in [2.24, 2.45) is 0 Å². The predicted octanol–water partition coefficient (Wildman–Crippen LogP) is 3.65. The van der Waals surface area contributed by atoms with Crippen LogP contribution in [0, 0.1) is 0 Å². The van der Waals surface area contributed by atoms with Crippen LogP contribution in [0.25, 0.3) is 22.2 Å². The van der Waals surface area contributed by atoms with Gasteiger partial charge in [-0.25, -0.2) is 4.98 Å². The second-order valence-corrected chi connectivity index (χ2v) is 7.18. The number of amides is 1. The molecule has 1 amide bonds. The molecule has 0 radical (unpaired) electrons. The molecule has 1 heterocycles. The van der Waals surface area contributed by atoms with Crippen LogP contribution in [0.4, 0.5) is 0 Å². The van der Waals surface area contributed by atoms with Crippen molar-refractivity contribution >= 4 is 16.9 Å². The van der Waals surface area contributed by atoms with Gasteiger partial charge in [-0.05, 0) is 48.2 Å². The van der Waals surface area contributed by atoms with Crippen molar-refractivity contribution in [1.82, 2.24) is 15.3 Å². The first kappa shape index (κ1) is 16.8. The fraction of sp³-hybridized carbons (Fsp3) is 0.333. The lowest BCUT2D eigenvalue weighted by atomic mass is 9.85. The van der Waals surface area contributed by atoms with Crippen molar-refractivity contribution in [3.05, 3.63) is 54.4 Å². The van der Waals surface area contributed by atoms with Crippen LogP contribution in [0.2, 0.25) is 0 Å². The number of hydrogen-bond donors (Lipinski definition) is 3. The van der Waals surface area contributed by atoms with E-state index < -0.39 is 5.60 Å². The molecule has 134 valence electrons. The van der Waals surface area contributed by atoms with Gasteiger partial charge in [0.25, 0.3) is 5.91 Å². The highest BCUT2D eigenvalue weighted by Gasteiger charge is 2.29. The fourth-order valence-corrected chi connectivity index (χ4v) is 3.69. The quantitative estimate of drug-likeness (QED) is 0.673. The molecule has 0 unspecified atom stereocenters. The number of fused-ring (bicyclic) bond motifs is 1. The van der Waals surface area contributed by atoms with E-state index in [1.807, 2.05) is 36.4 Å². The predicted molar refractivity (Wildman–Crippen MR) is 102 cm³/mol. The van der Waals surface area contributed by atoms with Gasteiger partial charge in [0.15, 0.2) is 0 Å². The van der Waals surface area contributed by atoms with Gasteiger partial charge in [-0.15, -0.1) is 0 Å². The zero-order chi connectivity index (χ0) is 18.0. The molecule has 5 nitrogen and oxygen atoms in total. The minimum absolute atomic E-state index is 0.145. The lowest BCUT2D eigenvalue weighted by Crippen LogP contribution is -2.44. The molecule has 1 saturated carbocycles. The maximum atomic E-state index is 12.5. The molecule has 26 heavy (non-hydrogen) atoms. The number of nitrogens with one attached hydrogen (secondary N) is 2. The molecule has 0 saturated heterocycles. The summed E-state index contributed by atoms with van der Waals surface area (Å²) in [5.41, 5.74) is 3.75. The van der Waals surface area contributed by atoms with Crippen LogP contribution in [0.5, 0.6) is 0 Å². The van der Waals surface area contributed by atoms with Crippen molar-refractivity contribution in [1.29, 1.82) is 0 Å². The summed E-state index contributed by atoms with van der Waals surface area (Å²) < 4.78 is 0. The lowest BCUT2D eigenvalue weighted by Gasteiger charge is -2.32. The number of aliphatic hydroxyl groups is 1. The van der Waals surface area contributed by atoms with Crippen LogP contribution < -0.4 is 5.32 Å².